The van der Waals surface area contributed by atoms with Crippen molar-refractivity contribution in [3.8, 4) is 0 Å². The fourth-order valence-electron chi connectivity index (χ4n) is 2.69. The van der Waals surface area contributed by atoms with Gasteiger partial charge in [0.05, 0.1) is 4.92 Å². The van der Waals surface area contributed by atoms with Gasteiger partial charge in [-0.25, -0.2) is 0 Å². The van der Waals surface area contributed by atoms with E-state index in [1.807, 2.05) is 18.2 Å². The maximum atomic E-state index is 12.2. The Kier molecular flexibility index (Phi) is 3.81. The minimum atomic E-state index is -0.487. The molecule has 0 radical (unpaired) electrons. The minimum absolute atomic E-state index is 0.0242. The molecule has 5 nitrogen and oxygen atoms in total. The van der Waals surface area contributed by atoms with Crippen LogP contribution in [0.1, 0.15) is 21.5 Å². The number of halogens is 1. The molecule has 0 spiro atoms. The highest BCUT2D eigenvalue weighted by molar-refractivity contribution is 6.30. The molecular formula is C16H13ClN2O3. The number of rotatable bonds is 3. The third-order valence-electron chi connectivity index (χ3n) is 3.78. The Morgan fingerprint density at radius 3 is 2.50 bits per heavy atom. The Labute approximate surface area is 132 Å². The largest absolute Gasteiger partial charge is 0.349 e. The number of nitrogens with one attached hydrogen (secondary N) is 1. The quantitative estimate of drug-likeness (QED) is 0.698. The van der Waals surface area contributed by atoms with Gasteiger partial charge in [0.1, 0.15) is 0 Å². The van der Waals surface area contributed by atoms with Crippen LogP contribution in [-0.4, -0.2) is 16.9 Å². The van der Waals surface area contributed by atoms with Crippen molar-refractivity contribution in [2.75, 3.05) is 0 Å². The number of hydrogen-bond acceptors (Lipinski definition) is 3. The van der Waals surface area contributed by atoms with Crippen LogP contribution in [0.3, 0.4) is 0 Å². The van der Waals surface area contributed by atoms with E-state index in [9.17, 15) is 14.9 Å². The molecule has 0 aliphatic heterocycles. The van der Waals surface area contributed by atoms with Gasteiger partial charge >= 0.3 is 0 Å². The topological polar surface area (TPSA) is 72.2 Å². The Bertz CT molecular complexity index is 744. The fraction of sp³-hybridized carbons (Fsp3) is 0.188. The van der Waals surface area contributed by atoms with Crippen LogP contribution in [0.5, 0.6) is 0 Å². The highest BCUT2D eigenvalue weighted by Gasteiger charge is 2.23. The number of amides is 1. The maximum Gasteiger partial charge on any atom is 0.269 e. The Morgan fingerprint density at radius 1 is 1.14 bits per heavy atom. The number of carbonyl (C=O) groups excluding carboxylic acids is 1. The molecule has 22 heavy (non-hydrogen) atoms. The Hall–Kier alpha value is -2.40. The van der Waals surface area contributed by atoms with E-state index in [1.54, 1.807) is 0 Å². The van der Waals surface area contributed by atoms with Gasteiger partial charge in [-0.15, -0.1) is 0 Å². The number of fused-ring (bicyclic) bond motifs is 1. The summed E-state index contributed by atoms with van der Waals surface area (Å²) in [6, 6.07) is 11.4. The molecule has 1 aliphatic rings. The number of nitrogens with zero attached hydrogens (tertiary/aromatic N) is 1. The van der Waals surface area contributed by atoms with E-state index in [0.717, 1.165) is 18.4 Å². The van der Waals surface area contributed by atoms with Gasteiger partial charge in [0.15, 0.2) is 0 Å². The summed E-state index contributed by atoms with van der Waals surface area (Å²) in [5.74, 6) is -0.223. The molecule has 6 heteroatoms. The lowest BCUT2D eigenvalue weighted by atomic mass is 10.1. The lowest BCUT2D eigenvalue weighted by molar-refractivity contribution is -0.384. The summed E-state index contributed by atoms with van der Waals surface area (Å²) in [4.78, 5) is 22.3. The van der Waals surface area contributed by atoms with Crippen molar-refractivity contribution in [2.24, 2.45) is 0 Å². The summed E-state index contributed by atoms with van der Waals surface area (Å²) < 4.78 is 0. The van der Waals surface area contributed by atoms with Crippen LogP contribution in [0.25, 0.3) is 0 Å². The third kappa shape index (κ3) is 2.94. The molecule has 1 N–H and O–H groups in total. The molecule has 1 amide bonds. The molecule has 2 aromatic carbocycles. The van der Waals surface area contributed by atoms with Gasteiger partial charge < -0.3 is 5.32 Å². The first-order valence-electron chi connectivity index (χ1n) is 6.85. The van der Waals surface area contributed by atoms with Gasteiger partial charge in [0.2, 0.25) is 0 Å². The fourth-order valence-corrected chi connectivity index (χ4v) is 2.89. The molecule has 0 heterocycles. The predicted molar refractivity (Wildman–Crippen MR) is 83.2 cm³/mol. The second kappa shape index (κ2) is 5.77. The van der Waals surface area contributed by atoms with Crippen molar-refractivity contribution in [1.82, 2.24) is 5.32 Å². The predicted octanol–water partition coefficient (Wildman–Crippen LogP) is 3.15. The molecule has 0 saturated carbocycles. The van der Waals surface area contributed by atoms with Crippen LogP contribution < -0.4 is 5.32 Å². The van der Waals surface area contributed by atoms with Crippen LogP contribution in [-0.2, 0) is 12.8 Å². The third-order valence-corrected chi connectivity index (χ3v) is 4.01. The number of nitro groups is 1. The zero-order valence-corrected chi connectivity index (χ0v) is 12.3. The molecule has 2 aromatic rings. The Balaban J connectivity index is 1.67. The van der Waals surface area contributed by atoms with Crippen LogP contribution >= 0.6 is 11.6 Å². The number of hydrogen-bond donors (Lipinski definition) is 1. The summed E-state index contributed by atoms with van der Waals surface area (Å²) in [5.41, 5.74) is 2.74. The van der Waals surface area contributed by atoms with E-state index in [2.05, 4.69) is 5.32 Å². The van der Waals surface area contributed by atoms with Crippen LogP contribution in [0.15, 0.2) is 42.5 Å². The van der Waals surface area contributed by atoms with E-state index < -0.39 is 4.92 Å². The Morgan fingerprint density at radius 2 is 1.82 bits per heavy atom. The van der Waals surface area contributed by atoms with E-state index in [1.165, 1.54) is 29.8 Å². The first kappa shape index (κ1) is 14.5. The molecule has 0 saturated heterocycles. The average Bonchev–Trinajstić information content (AvgIpc) is 2.88. The molecule has 1 atom stereocenters. The minimum Gasteiger partial charge on any atom is -0.349 e. The molecule has 1 aliphatic carbocycles. The lowest BCUT2D eigenvalue weighted by Crippen LogP contribution is -2.35. The van der Waals surface area contributed by atoms with E-state index in [0.29, 0.717) is 10.6 Å². The molecule has 0 unspecified atom stereocenters. The highest BCUT2D eigenvalue weighted by atomic mass is 35.5. The second-order valence-electron chi connectivity index (χ2n) is 5.30. The van der Waals surface area contributed by atoms with Crippen molar-refractivity contribution in [1.29, 1.82) is 0 Å². The molecule has 3 rings (SSSR count). The number of non-ortho nitro benzene ring substituents is 1. The van der Waals surface area contributed by atoms with Gasteiger partial charge in [0, 0.05) is 28.8 Å². The van der Waals surface area contributed by atoms with E-state index in [4.69, 9.17) is 11.6 Å². The first-order valence-corrected chi connectivity index (χ1v) is 7.23. The molecule has 0 bridgehead atoms. The number of benzene rings is 2. The van der Waals surface area contributed by atoms with Gasteiger partial charge in [-0.05, 0) is 48.2 Å². The summed E-state index contributed by atoms with van der Waals surface area (Å²) in [6.45, 7) is 0. The standard InChI is InChI=1S/C16H13ClN2O3/c17-13-4-1-11-8-14(9-12(11)7-13)18-16(20)10-2-5-15(6-3-10)19(21)22/h1-7,14H,8-9H2,(H,18,20)/t14-/m1/s1. The van der Waals surface area contributed by atoms with Crippen molar-refractivity contribution in [3.63, 3.8) is 0 Å². The van der Waals surface area contributed by atoms with Crippen LogP contribution in [0, 0.1) is 10.1 Å². The highest BCUT2D eigenvalue weighted by Crippen LogP contribution is 2.25. The molecular weight excluding hydrogens is 304 g/mol. The van der Waals surface area contributed by atoms with Gasteiger partial charge in [-0.2, -0.15) is 0 Å². The molecule has 112 valence electrons. The van der Waals surface area contributed by atoms with Crippen molar-refractivity contribution < 1.29 is 9.72 Å². The van der Waals surface area contributed by atoms with Gasteiger partial charge in [0.25, 0.3) is 11.6 Å². The van der Waals surface area contributed by atoms with Gasteiger partial charge in [-0.3, -0.25) is 14.9 Å². The second-order valence-corrected chi connectivity index (χ2v) is 5.73. The molecule has 0 aromatic heterocycles. The normalized spacial score (nSPS) is 16.1. The first-order chi connectivity index (χ1) is 10.5. The summed E-state index contributed by atoms with van der Waals surface area (Å²) in [7, 11) is 0. The number of carbonyl (C=O) groups is 1. The van der Waals surface area contributed by atoms with E-state index in [-0.39, 0.29) is 17.6 Å². The average molecular weight is 317 g/mol. The SMILES string of the molecule is O=C(N[C@@H]1Cc2ccc(Cl)cc2C1)c1ccc([N+](=O)[O-])cc1. The number of nitro benzene ring substituents is 1. The zero-order chi connectivity index (χ0) is 15.7. The maximum absolute atomic E-state index is 12.2. The van der Waals surface area contributed by atoms with Crippen LogP contribution in [0.4, 0.5) is 5.69 Å². The summed E-state index contributed by atoms with van der Waals surface area (Å²) in [6.07, 6.45) is 1.51. The monoisotopic (exact) mass is 316 g/mol. The zero-order valence-electron chi connectivity index (χ0n) is 11.6. The molecule has 0 fully saturated rings. The smallest absolute Gasteiger partial charge is 0.269 e. The van der Waals surface area contributed by atoms with Crippen molar-refractivity contribution >= 4 is 23.2 Å². The summed E-state index contributed by atoms with van der Waals surface area (Å²) in [5, 5.41) is 14.3. The van der Waals surface area contributed by atoms with Crippen molar-refractivity contribution in [2.45, 2.75) is 18.9 Å². The van der Waals surface area contributed by atoms with E-state index >= 15 is 0 Å². The van der Waals surface area contributed by atoms with Crippen molar-refractivity contribution in [3.05, 3.63) is 74.3 Å². The van der Waals surface area contributed by atoms with Crippen LogP contribution in [0.2, 0.25) is 5.02 Å². The van der Waals surface area contributed by atoms with Gasteiger partial charge in [-0.1, -0.05) is 17.7 Å². The summed E-state index contributed by atoms with van der Waals surface area (Å²) >= 11 is 5.97. The lowest BCUT2D eigenvalue weighted by Gasteiger charge is -2.11.